The van der Waals surface area contributed by atoms with E-state index in [0.29, 0.717) is 5.69 Å². The summed E-state index contributed by atoms with van der Waals surface area (Å²) < 4.78 is 0. The van der Waals surface area contributed by atoms with Crippen LogP contribution < -0.4 is 0 Å². The SMILES string of the molecule is C=C(C#N)C(O)c1ncccc1C. The lowest BCUT2D eigenvalue weighted by molar-refractivity contribution is 0.215. The summed E-state index contributed by atoms with van der Waals surface area (Å²) in [5, 5.41) is 18.1. The molecule has 3 nitrogen and oxygen atoms in total. The first-order valence-corrected chi connectivity index (χ1v) is 3.85. The van der Waals surface area contributed by atoms with E-state index in [4.69, 9.17) is 5.26 Å². The molecular weight excluding hydrogens is 164 g/mol. The number of hydrogen-bond acceptors (Lipinski definition) is 3. The number of pyridine rings is 1. The maximum Gasteiger partial charge on any atom is 0.130 e. The van der Waals surface area contributed by atoms with Gasteiger partial charge in [-0.3, -0.25) is 4.98 Å². The Balaban J connectivity index is 3.03. The lowest BCUT2D eigenvalue weighted by Crippen LogP contribution is -2.03. The lowest BCUT2D eigenvalue weighted by atomic mass is 10.1. The first kappa shape index (κ1) is 9.43. The van der Waals surface area contributed by atoms with Crippen molar-refractivity contribution in [3.63, 3.8) is 0 Å². The molecule has 3 heteroatoms. The molecule has 1 heterocycles. The van der Waals surface area contributed by atoms with Crippen molar-refractivity contribution in [3.8, 4) is 6.07 Å². The van der Waals surface area contributed by atoms with Crippen LogP contribution in [0.3, 0.4) is 0 Å². The highest BCUT2D eigenvalue weighted by atomic mass is 16.3. The molecule has 1 rings (SSSR count). The molecule has 1 aromatic rings. The van der Waals surface area contributed by atoms with E-state index in [-0.39, 0.29) is 5.57 Å². The molecule has 0 fully saturated rings. The number of aliphatic hydroxyl groups excluding tert-OH is 1. The highest BCUT2D eigenvalue weighted by molar-refractivity contribution is 5.31. The maximum atomic E-state index is 9.59. The number of aryl methyl sites for hydroxylation is 1. The van der Waals surface area contributed by atoms with Crippen LogP contribution in [0.1, 0.15) is 17.4 Å². The van der Waals surface area contributed by atoms with E-state index in [1.165, 1.54) is 0 Å². The lowest BCUT2D eigenvalue weighted by Gasteiger charge is -2.09. The predicted molar refractivity (Wildman–Crippen MR) is 48.7 cm³/mol. The van der Waals surface area contributed by atoms with Gasteiger partial charge in [-0.15, -0.1) is 0 Å². The summed E-state index contributed by atoms with van der Waals surface area (Å²) in [6, 6.07) is 5.41. The van der Waals surface area contributed by atoms with Gasteiger partial charge in [0.05, 0.1) is 17.3 Å². The van der Waals surface area contributed by atoms with Crippen LogP contribution in [-0.2, 0) is 0 Å². The van der Waals surface area contributed by atoms with Crippen LogP contribution in [0.2, 0.25) is 0 Å². The van der Waals surface area contributed by atoms with Crippen molar-refractivity contribution in [3.05, 3.63) is 41.7 Å². The smallest absolute Gasteiger partial charge is 0.130 e. The van der Waals surface area contributed by atoms with Gasteiger partial charge in [-0.2, -0.15) is 5.26 Å². The maximum absolute atomic E-state index is 9.59. The molecule has 0 aliphatic carbocycles. The van der Waals surface area contributed by atoms with Crippen LogP contribution >= 0.6 is 0 Å². The fourth-order valence-electron chi connectivity index (χ4n) is 1.01. The number of hydrogen-bond donors (Lipinski definition) is 1. The average Bonchev–Trinajstić information content (AvgIpc) is 2.16. The third kappa shape index (κ3) is 1.92. The largest absolute Gasteiger partial charge is 0.381 e. The minimum Gasteiger partial charge on any atom is -0.381 e. The molecule has 0 aliphatic rings. The number of aromatic nitrogens is 1. The molecule has 0 radical (unpaired) electrons. The summed E-state index contributed by atoms with van der Waals surface area (Å²) in [5.41, 5.74) is 1.46. The number of nitrogens with zero attached hydrogens (tertiary/aromatic N) is 2. The van der Waals surface area contributed by atoms with Gasteiger partial charge in [0.1, 0.15) is 6.10 Å². The first-order chi connectivity index (χ1) is 6.16. The van der Waals surface area contributed by atoms with Crippen molar-refractivity contribution in [2.45, 2.75) is 13.0 Å². The van der Waals surface area contributed by atoms with Gasteiger partial charge in [-0.05, 0) is 18.6 Å². The third-order valence-electron chi connectivity index (χ3n) is 1.78. The van der Waals surface area contributed by atoms with Crippen LogP contribution in [-0.4, -0.2) is 10.1 Å². The molecule has 0 amide bonds. The zero-order valence-electron chi connectivity index (χ0n) is 7.36. The number of rotatable bonds is 2. The summed E-state index contributed by atoms with van der Waals surface area (Å²) in [6.45, 7) is 5.27. The standard InChI is InChI=1S/C10H10N2O/c1-7-4-3-5-12-9(7)10(13)8(2)6-11/h3-5,10,13H,2H2,1H3. The van der Waals surface area contributed by atoms with E-state index < -0.39 is 6.10 Å². The van der Waals surface area contributed by atoms with Crippen molar-refractivity contribution < 1.29 is 5.11 Å². The van der Waals surface area contributed by atoms with Gasteiger partial charge >= 0.3 is 0 Å². The van der Waals surface area contributed by atoms with Crippen LogP contribution in [0, 0.1) is 18.3 Å². The van der Waals surface area contributed by atoms with E-state index in [2.05, 4.69) is 11.6 Å². The van der Waals surface area contributed by atoms with E-state index in [1.54, 1.807) is 18.3 Å². The highest BCUT2D eigenvalue weighted by Gasteiger charge is 2.14. The fraction of sp³-hybridized carbons (Fsp3) is 0.200. The van der Waals surface area contributed by atoms with E-state index in [0.717, 1.165) is 5.56 Å². The van der Waals surface area contributed by atoms with Gasteiger partial charge in [-0.1, -0.05) is 12.6 Å². The molecule has 0 saturated heterocycles. The van der Waals surface area contributed by atoms with Crippen LogP contribution in [0.25, 0.3) is 0 Å². The Morgan fingerprint density at radius 3 is 3.00 bits per heavy atom. The minimum atomic E-state index is -0.980. The molecule has 1 atom stereocenters. The van der Waals surface area contributed by atoms with Gasteiger partial charge < -0.3 is 5.11 Å². The zero-order chi connectivity index (χ0) is 9.84. The first-order valence-electron chi connectivity index (χ1n) is 3.85. The second-order valence-electron chi connectivity index (χ2n) is 2.75. The molecule has 0 bridgehead atoms. The Bertz CT molecular complexity index is 365. The average molecular weight is 174 g/mol. The van der Waals surface area contributed by atoms with Crippen LogP contribution in [0.15, 0.2) is 30.5 Å². The summed E-state index contributed by atoms with van der Waals surface area (Å²) in [7, 11) is 0. The van der Waals surface area contributed by atoms with Crippen molar-refractivity contribution in [1.29, 1.82) is 5.26 Å². The second kappa shape index (κ2) is 3.83. The van der Waals surface area contributed by atoms with E-state index >= 15 is 0 Å². The van der Waals surface area contributed by atoms with Gasteiger partial charge in [0, 0.05) is 6.20 Å². The predicted octanol–water partition coefficient (Wildman–Crippen LogP) is 1.50. The molecule has 0 spiro atoms. The number of aliphatic hydroxyl groups is 1. The molecule has 1 unspecified atom stereocenters. The monoisotopic (exact) mass is 174 g/mol. The summed E-state index contributed by atoms with van der Waals surface area (Å²) in [5.74, 6) is 0. The quantitative estimate of drug-likeness (QED) is 0.691. The Kier molecular flexibility index (Phi) is 2.78. The van der Waals surface area contributed by atoms with Crippen molar-refractivity contribution in [2.24, 2.45) is 0 Å². The van der Waals surface area contributed by atoms with Gasteiger partial charge in [0.15, 0.2) is 0 Å². The number of nitriles is 1. The summed E-state index contributed by atoms with van der Waals surface area (Å²) >= 11 is 0. The normalized spacial score (nSPS) is 11.8. The van der Waals surface area contributed by atoms with Gasteiger partial charge in [0.25, 0.3) is 0 Å². The fourth-order valence-corrected chi connectivity index (χ4v) is 1.01. The molecule has 1 aromatic heterocycles. The molecular formula is C10H10N2O. The zero-order valence-corrected chi connectivity index (χ0v) is 7.36. The van der Waals surface area contributed by atoms with Gasteiger partial charge in [-0.25, -0.2) is 0 Å². The molecule has 1 N–H and O–H groups in total. The Hall–Kier alpha value is -1.66. The van der Waals surface area contributed by atoms with Crippen molar-refractivity contribution in [2.75, 3.05) is 0 Å². The molecule has 0 aromatic carbocycles. The highest BCUT2D eigenvalue weighted by Crippen LogP contribution is 2.19. The Labute approximate surface area is 77.0 Å². The van der Waals surface area contributed by atoms with Gasteiger partial charge in [0.2, 0.25) is 0 Å². The third-order valence-corrected chi connectivity index (χ3v) is 1.78. The van der Waals surface area contributed by atoms with Crippen molar-refractivity contribution in [1.82, 2.24) is 4.98 Å². The molecule has 0 saturated carbocycles. The van der Waals surface area contributed by atoms with E-state index in [1.807, 2.05) is 13.0 Å². The summed E-state index contributed by atoms with van der Waals surface area (Å²) in [6.07, 6.45) is 0.599. The molecule has 0 aliphatic heterocycles. The summed E-state index contributed by atoms with van der Waals surface area (Å²) in [4.78, 5) is 3.99. The molecule has 66 valence electrons. The topological polar surface area (TPSA) is 56.9 Å². The molecule has 13 heavy (non-hydrogen) atoms. The minimum absolute atomic E-state index is 0.113. The Morgan fingerprint density at radius 1 is 1.77 bits per heavy atom. The Morgan fingerprint density at radius 2 is 2.46 bits per heavy atom. The second-order valence-corrected chi connectivity index (χ2v) is 2.75. The van der Waals surface area contributed by atoms with Crippen LogP contribution in [0.4, 0.5) is 0 Å². The van der Waals surface area contributed by atoms with E-state index in [9.17, 15) is 5.11 Å². The van der Waals surface area contributed by atoms with Crippen molar-refractivity contribution >= 4 is 0 Å². The van der Waals surface area contributed by atoms with Crippen LogP contribution in [0.5, 0.6) is 0 Å².